The van der Waals surface area contributed by atoms with Crippen LogP contribution in [0.2, 0.25) is 0 Å². The number of nitrogens with zero attached hydrogens (tertiary/aromatic N) is 3. The van der Waals surface area contributed by atoms with Gasteiger partial charge >= 0.3 is 0 Å². The number of aryl methyl sites for hydroxylation is 1. The molecule has 0 aliphatic carbocycles. The van der Waals surface area contributed by atoms with Gasteiger partial charge in [-0.3, -0.25) is 9.89 Å². The van der Waals surface area contributed by atoms with Gasteiger partial charge in [-0.05, 0) is 38.2 Å². The third kappa shape index (κ3) is 3.22. The second-order valence-corrected chi connectivity index (χ2v) is 4.67. The number of benzene rings is 1. The molecule has 0 saturated heterocycles. The third-order valence-electron chi connectivity index (χ3n) is 2.84. The van der Waals surface area contributed by atoms with Crippen LogP contribution in [-0.2, 0) is 0 Å². The summed E-state index contributed by atoms with van der Waals surface area (Å²) in [7, 11) is 1.56. The van der Waals surface area contributed by atoms with Gasteiger partial charge in [0.2, 0.25) is 4.77 Å². The molecule has 0 aliphatic rings. The first-order valence-electron chi connectivity index (χ1n) is 6.61. The van der Waals surface area contributed by atoms with Crippen LogP contribution >= 0.6 is 12.2 Å². The number of ether oxygens (including phenoxy) is 2. The van der Waals surface area contributed by atoms with E-state index < -0.39 is 0 Å². The number of rotatable bonds is 5. The van der Waals surface area contributed by atoms with E-state index in [9.17, 15) is 4.79 Å². The van der Waals surface area contributed by atoms with Gasteiger partial charge in [-0.25, -0.2) is 0 Å². The Morgan fingerprint density at radius 2 is 2.27 bits per heavy atom. The smallest absolute Gasteiger partial charge is 0.296 e. The zero-order chi connectivity index (χ0) is 16.1. The fourth-order valence-electron chi connectivity index (χ4n) is 1.79. The van der Waals surface area contributed by atoms with Gasteiger partial charge in [0.15, 0.2) is 11.5 Å². The number of hydrogen-bond donors (Lipinski definition) is 1. The van der Waals surface area contributed by atoms with Crippen molar-refractivity contribution in [1.82, 2.24) is 14.9 Å². The summed E-state index contributed by atoms with van der Waals surface area (Å²) in [6.45, 7) is 3.94. The van der Waals surface area contributed by atoms with Crippen LogP contribution in [0.3, 0.4) is 0 Å². The fraction of sp³-hybridized carbons (Fsp3) is 0.286. The third-order valence-corrected chi connectivity index (χ3v) is 3.11. The molecule has 0 unspecified atom stereocenters. The van der Waals surface area contributed by atoms with E-state index in [1.165, 1.54) is 6.21 Å². The fourth-order valence-corrected chi connectivity index (χ4v) is 1.97. The molecule has 0 saturated carbocycles. The molecule has 2 rings (SSSR count). The number of H-pyrrole nitrogens is 1. The van der Waals surface area contributed by atoms with Crippen LogP contribution in [0.4, 0.5) is 0 Å². The van der Waals surface area contributed by atoms with Crippen molar-refractivity contribution >= 4 is 18.4 Å². The molecule has 116 valence electrons. The zero-order valence-corrected chi connectivity index (χ0v) is 13.3. The molecule has 0 spiro atoms. The maximum atomic E-state index is 12.0. The Balaban J connectivity index is 2.50. The summed E-state index contributed by atoms with van der Waals surface area (Å²) in [6.07, 6.45) is 1.50. The largest absolute Gasteiger partial charge is 0.493 e. The SMILES string of the molecule is CCOc1c(/C=N\n2c(=S)[nH]nc(C)c2=O)cccc1OC. The summed E-state index contributed by atoms with van der Waals surface area (Å²) in [5, 5.41) is 10.5. The van der Waals surface area contributed by atoms with Gasteiger partial charge in [0.1, 0.15) is 5.69 Å². The molecular formula is C14H16N4O3S. The van der Waals surface area contributed by atoms with E-state index in [0.29, 0.717) is 23.7 Å². The van der Waals surface area contributed by atoms with Crippen molar-refractivity contribution in [1.29, 1.82) is 0 Å². The van der Waals surface area contributed by atoms with Crippen LogP contribution in [0.5, 0.6) is 11.5 Å². The highest BCUT2D eigenvalue weighted by atomic mass is 32.1. The summed E-state index contributed by atoms with van der Waals surface area (Å²) in [5.41, 5.74) is 0.583. The summed E-state index contributed by atoms with van der Waals surface area (Å²) < 4.78 is 12.0. The highest BCUT2D eigenvalue weighted by Gasteiger charge is 2.09. The van der Waals surface area contributed by atoms with Crippen LogP contribution < -0.4 is 15.0 Å². The molecule has 1 aromatic heterocycles. The van der Waals surface area contributed by atoms with Crippen molar-refractivity contribution in [2.75, 3.05) is 13.7 Å². The maximum absolute atomic E-state index is 12.0. The predicted octanol–water partition coefficient (Wildman–Crippen LogP) is 1.90. The molecule has 1 heterocycles. The van der Waals surface area contributed by atoms with Gasteiger partial charge in [-0.1, -0.05) is 6.07 Å². The van der Waals surface area contributed by atoms with Gasteiger partial charge in [0, 0.05) is 5.56 Å². The zero-order valence-electron chi connectivity index (χ0n) is 12.5. The minimum Gasteiger partial charge on any atom is -0.493 e. The Hall–Kier alpha value is -2.48. The number of hydrogen-bond acceptors (Lipinski definition) is 6. The van der Waals surface area contributed by atoms with Crippen molar-refractivity contribution in [3.8, 4) is 11.5 Å². The van der Waals surface area contributed by atoms with Crippen molar-refractivity contribution in [2.24, 2.45) is 5.10 Å². The van der Waals surface area contributed by atoms with Crippen LogP contribution in [0.15, 0.2) is 28.1 Å². The molecule has 0 aliphatic heterocycles. The molecular weight excluding hydrogens is 304 g/mol. The predicted molar refractivity (Wildman–Crippen MR) is 85.6 cm³/mol. The normalized spacial score (nSPS) is 10.9. The molecule has 0 bridgehead atoms. The summed E-state index contributed by atoms with van der Waals surface area (Å²) in [4.78, 5) is 12.0. The second kappa shape index (κ2) is 6.99. The number of para-hydroxylation sites is 1. The van der Waals surface area contributed by atoms with Crippen LogP contribution in [0, 0.1) is 11.7 Å². The molecule has 2 aromatic rings. The lowest BCUT2D eigenvalue weighted by Crippen LogP contribution is -2.22. The van der Waals surface area contributed by atoms with Crippen molar-refractivity contribution in [2.45, 2.75) is 13.8 Å². The lowest BCUT2D eigenvalue weighted by molar-refractivity contribution is 0.310. The van der Waals surface area contributed by atoms with Gasteiger partial charge in [0.25, 0.3) is 5.56 Å². The van der Waals surface area contributed by atoms with Crippen molar-refractivity contribution in [3.05, 3.63) is 44.6 Å². The van der Waals surface area contributed by atoms with E-state index in [1.807, 2.05) is 19.1 Å². The molecule has 0 fully saturated rings. The molecule has 1 N–H and O–H groups in total. The Kier molecular flexibility index (Phi) is 5.05. The summed E-state index contributed by atoms with van der Waals surface area (Å²) >= 11 is 5.02. The lowest BCUT2D eigenvalue weighted by atomic mass is 10.2. The van der Waals surface area contributed by atoms with E-state index in [0.717, 1.165) is 4.68 Å². The number of methoxy groups -OCH3 is 1. The van der Waals surface area contributed by atoms with Gasteiger partial charge < -0.3 is 9.47 Å². The number of aromatic amines is 1. The van der Waals surface area contributed by atoms with E-state index in [4.69, 9.17) is 21.7 Å². The molecule has 0 radical (unpaired) electrons. The van der Waals surface area contributed by atoms with Gasteiger partial charge in [-0.2, -0.15) is 14.9 Å². The molecule has 7 nitrogen and oxygen atoms in total. The monoisotopic (exact) mass is 320 g/mol. The first kappa shape index (κ1) is 15.9. The standard InChI is InChI=1S/C14H16N4O3S/c1-4-21-12-10(6-5-7-11(12)20-3)8-15-18-13(19)9(2)16-17-14(18)22/h5-8H,4H2,1-3H3,(H,17,22)/b15-8-. The minimum absolute atomic E-state index is 0.118. The van der Waals surface area contributed by atoms with Crippen molar-refractivity contribution in [3.63, 3.8) is 0 Å². The first-order chi connectivity index (χ1) is 10.6. The Morgan fingerprint density at radius 3 is 2.95 bits per heavy atom. The first-order valence-corrected chi connectivity index (χ1v) is 7.01. The summed E-state index contributed by atoms with van der Waals surface area (Å²) in [6, 6.07) is 5.41. The molecule has 0 amide bonds. The maximum Gasteiger partial charge on any atom is 0.296 e. The van der Waals surface area contributed by atoms with E-state index in [-0.39, 0.29) is 16.0 Å². The molecule has 1 aromatic carbocycles. The van der Waals surface area contributed by atoms with E-state index >= 15 is 0 Å². The Bertz CT molecular complexity index is 810. The molecule has 22 heavy (non-hydrogen) atoms. The second-order valence-electron chi connectivity index (χ2n) is 4.29. The van der Waals surface area contributed by atoms with Crippen LogP contribution in [-0.4, -0.2) is 34.8 Å². The quantitative estimate of drug-likeness (QED) is 0.672. The average molecular weight is 320 g/mol. The molecule has 0 atom stereocenters. The lowest BCUT2D eigenvalue weighted by Gasteiger charge is -2.11. The summed E-state index contributed by atoms with van der Waals surface area (Å²) in [5.74, 6) is 1.15. The Morgan fingerprint density at radius 1 is 1.50 bits per heavy atom. The van der Waals surface area contributed by atoms with Crippen molar-refractivity contribution < 1.29 is 9.47 Å². The highest BCUT2D eigenvalue weighted by molar-refractivity contribution is 7.71. The van der Waals surface area contributed by atoms with E-state index in [2.05, 4.69) is 15.3 Å². The van der Waals surface area contributed by atoms with E-state index in [1.54, 1.807) is 20.1 Å². The van der Waals surface area contributed by atoms with Gasteiger partial charge in [0.05, 0.1) is 19.9 Å². The minimum atomic E-state index is -0.374. The van der Waals surface area contributed by atoms with Gasteiger partial charge in [-0.15, -0.1) is 0 Å². The molecule has 8 heteroatoms. The topological polar surface area (TPSA) is 81.5 Å². The number of aromatic nitrogens is 3. The Labute approximate surface area is 132 Å². The van der Waals surface area contributed by atoms with Crippen LogP contribution in [0.1, 0.15) is 18.2 Å². The highest BCUT2D eigenvalue weighted by Crippen LogP contribution is 2.29. The average Bonchev–Trinajstić information content (AvgIpc) is 2.52. The van der Waals surface area contributed by atoms with Crippen LogP contribution in [0.25, 0.3) is 0 Å². The number of nitrogens with one attached hydrogen (secondary N) is 1.